The monoisotopic (exact) mass is 244 g/mol. The van der Waals surface area contributed by atoms with Gasteiger partial charge in [0, 0.05) is 0 Å². The van der Waals surface area contributed by atoms with Crippen LogP contribution in [-0.4, -0.2) is 18.0 Å². The van der Waals surface area contributed by atoms with E-state index in [0.29, 0.717) is 6.92 Å². The van der Waals surface area contributed by atoms with Gasteiger partial charge in [0.2, 0.25) is 0 Å². The molecule has 16 heavy (non-hydrogen) atoms. The molecule has 2 nitrogen and oxygen atoms in total. The van der Waals surface area contributed by atoms with Crippen LogP contribution < -0.4 is 0 Å². The second-order valence-corrected chi connectivity index (χ2v) is 4.51. The average molecular weight is 244 g/mol. The van der Waals surface area contributed by atoms with E-state index in [1.165, 1.54) is 13.8 Å². The summed E-state index contributed by atoms with van der Waals surface area (Å²) in [5, 5.41) is 0. The first-order valence-corrected chi connectivity index (χ1v) is 4.89. The van der Waals surface area contributed by atoms with Crippen LogP contribution in [0.1, 0.15) is 40.5 Å². The zero-order chi connectivity index (χ0) is 13.2. The van der Waals surface area contributed by atoms with Crippen molar-refractivity contribution in [2.45, 2.75) is 52.6 Å². The molecule has 0 atom stereocenters. The van der Waals surface area contributed by atoms with Crippen molar-refractivity contribution in [1.29, 1.82) is 0 Å². The van der Waals surface area contributed by atoms with Crippen LogP contribution >= 0.6 is 0 Å². The number of alkyl halides is 4. The van der Waals surface area contributed by atoms with E-state index in [-0.39, 0.29) is 6.42 Å². The van der Waals surface area contributed by atoms with Gasteiger partial charge in [-0.15, -0.1) is 0 Å². The summed E-state index contributed by atoms with van der Waals surface area (Å²) in [4.78, 5) is 11.3. The van der Waals surface area contributed by atoms with Crippen molar-refractivity contribution in [3.63, 3.8) is 0 Å². The van der Waals surface area contributed by atoms with E-state index < -0.39 is 29.8 Å². The topological polar surface area (TPSA) is 26.3 Å². The first-order chi connectivity index (χ1) is 6.90. The molecule has 0 aliphatic rings. The smallest absolute Gasteiger partial charge is 0.400 e. The first-order valence-electron chi connectivity index (χ1n) is 4.89. The second kappa shape index (κ2) is 4.59. The van der Waals surface area contributed by atoms with Gasteiger partial charge in [-0.2, -0.15) is 8.78 Å². The maximum atomic E-state index is 12.9. The Bertz CT molecular complexity index is 256. The van der Waals surface area contributed by atoms with Gasteiger partial charge < -0.3 is 4.74 Å². The van der Waals surface area contributed by atoms with Crippen LogP contribution in [0.2, 0.25) is 0 Å². The molecule has 96 valence electrons. The number of carbonyl (C=O) groups excluding carboxylic acids is 1. The third-order valence-electron chi connectivity index (χ3n) is 2.19. The lowest BCUT2D eigenvalue weighted by Gasteiger charge is -2.26. The predicted molar refractivity (Wildman–Crippen MR) is 50.3 cm³/mol. The van der Waals surface area contributed by atoms with Crippen LogP contribution in [-0.2, 0) is 9.53 Å². The highest BCUT2D eigenvalue weighted by atomic mass is 19.3. The van der Waals surface area contributed by atoms with Crippen LogP contribution in [0, 0.1) is 5.41 Å². The predicted octanol–water partition coefficient (Wildman–Crippen LogP) is 3.60. The van der Waals surface area contributed by atoms with Crippen molar-refractivity contribution in [2.24, 2.45) is 5.41 Å². The van der Waals surface area contributed by atoms with Crippen LogP contribution in [0.5, 0.6) is 0 Å². The van der Waals surface area contributed by atoms with E-state index in [1.807, 2.05) is 0 Å². The van der Waals surface area contributed by atoms with E-state index in [4.69, 9.17) is 0 Å². The highest BCUT2D eigenvalue weighted by Crippen LogP contribution is 2.33. The molecule has 0 N–H and O–H groups in total. The Morgan fingerprint density at radius 1 is 1.12 bits per heavy atom. The number of hydrogen-bond acceptors (Lipinski definition) is 2. The summed E-state index contributed by atoms with van der Waals surface area (Å²) in [5.41, 5.74) is -1.10. The van der Waals surface area contributed by atoms with Crippen molar-refractivity contribution >= 4 is 5.97 Å². The summed E-state index contributed by atoms with van der Waals surface area (Å²) >= 11 is 0. The fourth-order valence-electron chi connectivity index (χ4n) is 0.816. The number of halogens is 4. The summed E-state index contributed by atoms with van der Waals surface area (Å²) in [7, 11) is 0. The molecule has 0 amide bonds. The Kier molecular flexibility index (Phi) is 4.36. The lowest BCUT2D eigenvalue weighted by atomic mass is 9.91. The Balaban J connectivity index is 4.55. The Labute approximate surface area is 92.0 Å². The Morgan fingerprint density at radius 3 is 1.88 bits per heavy atom. The van der Waals surface area contributed by atoms with Gasteiger partial charge in [0.05, 0.1) is 5.41 Å². The maximum Gasteiger partial charge on any atom is 0.405 e. The van der Waals surface area contributed by atoms with Crippen molar-refractivity contribution < 1.29 is 27.1 Å². The van der Waals surface area contributed by atoms with Crippen LogP contribution in [0.3, 0.4) is 0 Å². The zero-order valence-electron chi connectivity index (χ0n) is 9.74. The number of ether oxygens (including phenoxy) is 1. The molecule has 0 radical (unpaired) electrons. The summed E-state index contributed by atoms with van der Waals surface area (Å²) in [6, 6.07) is 0. The van der Waals surface area contributed by atoms with Gasteiger partial charge in [0.15, 0.2) is 0 Å². The van der Waals surface area contributed by atoms with Crippen molar-refractivity contribution in [3.8, 4) is 0 Å². The van der Waals surface area contributed by atoms with E-state index in [1.54, 1.807) is 6.92 Å². The van der Waals surface area contributed by atoms with E-state index >= 15 is 0 Å². The summed E-state index contributed by atoms with van der Waals surface area (Å²) in [6.45, 7) is 4.79. The van der Waals surface area contributed by atoms with Crippen LogP contribution in [0.15, 0.2) is 0 Å². The van der Waals surface area contributed by atoms with Crippen LogP contribution in [0.25, 0.3) is 0 Å². The Morgan fingerprint density at radius 2 is 1.56 bits per heavy atom. The standard InChI is InChI=1S/C10H16F4O2/c1-5-8(2,3)7(15)16-10(13,14)6-9(4,11)12/h5-6H2,1-4H3. The molecule has 0 rings (SSSR count). The highest BCUT2D eigenvalue weighted by molar-refractivity contribution is 5.76. The number of carbonyl (C=O) groups is 1. The third-order valence-corrected chi connectivity index (χ3v) is 2.19. The minimum Gasteiger partial charge on any atom is -0.400 e. The van der Waals surface area contributed by atoms with Gasteiger partial charge in [-0.05, 0) is 27.2 Å². The van der Waals surface area contributed by atoms with Gasteiger partial charge in [-0.3, -0.25) is 4.79 Å². The van der Waals surface area contributed by atoms with Gasteiger partial charge in [-0.1, -0.05) is 6.92 Å². The van der Waals surface area contributed by atoms with Crippen molar-refractivity contribution in [3.05, 3.63) is 0 Å². The Hall–Kier alpha value is -0.810. The molecular formula is C10H16F4O2. The molecule has 0 fully saturated rings. The minimum absolute atomic E-state index is 0.282. The molecule has 0 aromatic rings. The molecule has 0 aromatic carbocycles. The number of hydrogen-bond donors (Lipinski definition) is 0. The van der Waals surface area contributed by atoms with Gasteiger partial charge >= 0.3 is 12.1 Å². The number of esters is 1. The molecule has 0 aromatic heterocycles. The SMILES string of the molecule is CCC(C)(C)C(=O)OC(F)(F)CC(C)(F)F. The van der Waals surface area contributed by atoms with Crippen molar-refractivity contribution in [1.82, 2.24) is 0 Å². The van der Waals surface area contributed by atoms with E-state index in [2.05, 4.69) is 4.74 Å². The van der Waals surface area contributed by atoms with E-state index in [0.717, 1.165) is 0 Å². The maximum absolute atomic E-state index is 12.9. The van der Waals surface area contributed by atoms with E-state index in [9.17, 15) is 22.4 Å². The largest absolute Gasteiger partial charge is 0.405 e. The molecule has 0 aliphatic heterocycles. The summed E-state index contributed by atoms with van der Waals surface area (Å²) in [5.74, 6) is -4.76. The quantitative estimate of drug-likeness (QED) is 0.545. The molecule has 0 saturated heterocycles. The number of rotatable bonds is 5. The fourth-order valence-corrected chi connectivity index (χ4v) is 0.816. The van der Waals surface area contributed by atoms with Crippen molar-refractivity contribution in [2.75, 3.05) is 0 Å². The molecule has 0 spiro atoms. The highest BCUT2D eigenvalue weighted by Gasteiger charge is 2.45. The fraction of sp³-hybridized carbons (Fsp3) is 0.900. The average Bonchev–Trinajstić information content (AvgIpc) is 1.98. The third kappa shape index (κ3) is 5.32. The van der Waals surface area contributed by atoms with Gasteiger partial charge in [0.1, 0.15) is 6.42 Å². The molecule has 0 bridgehead atoms. The minimum atomic E-state index is -4.14. The molecule has 6 heteroatoms. The second-order valence-electron chi connectivity index (χ2n) is 4.51. The summed E-state index contributed by atoms with van der Waals surface area (Å²) < 4.78 is 54.4. The van der Waals surface area contributed by atoms with Gasteiger partial charge in [0.25, 0.3) is 5.92 Å². The lowest BCUT2D eigenvalue weighted by Crippen LogP contribution is -2.37. The molecule has 0 saturated carbocycles. The lowest BCUT2D eigenvalue weighted by molar-refractivity contribution is -0.262. The van der Waals surface area contributed by atoms with Gasteiger partial charge in [-0.25, -0.2) is 8.78 Å². The normalized spacial score (nSPS) is 13.8. The zero-order valence-corrected chi connectivity index (χ0v) is 9.74. The molecule has 0 aliphatic carbocycles. The summed E-state index contributed by atoms with van der Waals surface area (Å²) in [6.07, 6.45) is -5.66. The molecule has 0 heterocycles. The molecular weight excluding hydrogens is 228 g/mol. The van der Waals surface area contributed by atoms with Crippen LogP contribution in [0.4, 0.5) is 17.6 Å². The first kappa shape index (κ1) is 15.2. The molecule has 0 unspecified atom stereocenters.